The molecule has 1 saturated heterocycles. The van der Waals surface area contributed by atoms with Crippen LogP contribution in [0.1, 0.15) is 5.56 Å². The van der Waals surface area contributed by atoms with Gasteiger partial charge in [0.2, 0.25) is 0 Å². The van der Waals surface area contributed by atoms with Crippen molar-refractivity contribution in [2.45, 2.75) is 0 Å². The Morgan fingerprint density at radius 1 is 1.24 bits per heavy atom. The normalized spacial score (nSPS) is 15.4. The minimum Gasteiger partial charge on any atom is -0.480 e. The van der Waals surface area contributed by atoms with Crippen molar-refractivity contribution in [3.05, 3.63) is 63.1 Å². The third-order valence-corrected chi connectivity index (χ3v) is 4.91. The van der Waals surface area contributed by atoms with E-state index in [-0.39, 0.29) is 21.5 Å². The first-order valence-electron chi connectivity index (χ1n) is 8.07. The molecule has 2 aromatic rings. The molecular weight excluding hydrogens is 484 g/mol. The summed E-state index contributed by atoms with van der Waals surface area (Å²) in [5.74, 6) is -2.17. The topological polar surface area (TPSA) is 95.9 Å². The fourth-order valence-corrected chi connectivity index (χ4v) is 3.30. The number of thiocarbonyl (C=S) groups is 1. The molecular formula is C19H12BrClN2O5S. The first-order valence-corrected chi connectivity index (χ1v) is 9.65. The highest BCUT2D eigenvalue weighted by atomic mass is 79.9. The minimum atomic E-state index is -1.14. The summed E-state index contributed by atoms with van der Waals surface area (Å²) >= 11 is 14.6. The molecule has 0 radical (unpaired) electrons. The number of carboxylic acids is 1. The summed E-state index contributed by atoms with van der Waals surface area (Å²) in [6.07, 6.45) is 1.37. The van der Waals surface area contributed by atoms with Gasteiger partial charge in [-0.3, -0.25) is 19.8 Å². The van der Waals surface area contributed by atoms with Crippen molar-refractivity contribution in [2.24, 2.45) is 0 Å². The van der Waals surface area contributed by atoms with Gasteiger partial charge >= 0.3 is 5.97 Å². The maximum atomic E-state index is 12.9. The van der Waals surface area contributed by atoms with Gasteiger partial charge in [0.25, 0.3) is 11.8 Å². The number of carbonyl (C=O) groups is 3. The number of aliphatic carboxylic acids is 1. The Bertz CT molecular complexity index is 1060. The van der Waals surface area contributed by atoms with Crippen molar-refractivity contribution in [1.29, 1.82) is 0 Å². The molecule has 1 aliphatic rings. The molecule has 7 nitrogen and oxygen atoms in total. The first kappa shape index (κ1) is 21.0. The second-order valence-corrected chi connectivity index (χ2v) is 7.52. The highest BCUT2D eigenvalue weighted by molar-refractivity contribution is 9.10. The Balaban J connectivity index is 1.91. The van der Waals surface area contributed by atoms with Gasteiger partial charge in [-0.15, -0.1) is 0 Å². The van der Waals surface area contributed by atoms with Gasteiger partial charge in [-0.1, -0.05) is 33.6 Å². The number of anilines is 1. The van der Waals surface area contributed by atoms with Crippen LogP contribution in [0.25, 0.3) is 6.08 Å². The van der Waals surface area contributed by atoms with E-state index in [1.54, 1.807) is 30.3 Å². The zero-order valence-electron chi connectivity index (χ0n) is 14.5. The molecule has 1 heterocycles. The van der Waals surface area contributed by atoms with E-state index in [1.807, 2.05) is 0 Å². The number of amides is 2. The lowest BCUT2D eigenvalue weighted by molar-refractivity contribution is -0.139. The average Bonchev–Trinajstić information content (AvgIpc) is 2.65. The van der Waals surface area contributed by atoms with Crippen molar-refractivity contribution in [3.63, 3.8) is 0 Å². The van der Waals surface area contributed by atoms with Crippen LogP contribution in [0, 0.1) is 0 Å². The van der Waals surface area contributed by atoms with Gasteiger partial charge in [0, 0.05) is 4.47 Å². The SMILES string of the molecule is O=C(O)COc1ccc(/C=C2/C(=O)NC(=S)N(c3ccc(Br)cc3)C2=O)cc1Cl. The largest absolute Gasteiger partial charge is 0.480 e. The molecule has 0 saturated carbocycles. The number of nitrogens with one attached hydrogen (secondary N) is 1. The standard InChI is InChI=1S/C19H12BrClN2O5S/c20-11-2-4-12(5-3-11)23-18(27)13(17(26)22-19(23)29)7-10-1-6-15(14(21)8-10)28-9-16(24)25/h1-8H,9H2,(H,24,25)(H,22,26,29)/b13-7-. The molecule has 0 aromatic heterocycles. The van der Waals surface area contributed by atoms with E-state index in [1.165, 1.54) is 23.1 Å². The molecule has 0 spiro atoms. The molecule has 29 heavy (non-hydrogen) atoms. The summed E-state index contributed by atoms with van der Waals surface area (Å²) < 4.78 is 5.89. The maximum absolute atomic E-state index is 12.9. The molecule has 0 atom stereocenters. The van der Waals surface area contributed by atoms with Crippen LogP contribution in [-0.2, 0) is 14.4 Å². The molecule has 1 aliphatic heterocycles. The van der Waals surface area contributed by atoms with Crippen LogP contribution < -0.4 is 15.0 Å². The molecule has 2 amide bonds. The fraction of sp³-hybridized carbons (Fsp3) is 0.0526. The number of nitrogens with zero attached hydrogens (tertiary/aromatic N) is 1. The first-order chi connectivity index (χ1) is 13.8. The van der Waals surface area contributed by atoms with Crippen LogP contribution in [0.2, 0.25) is 5.02 Å². The Kier molecular flexibility index (Phi) is 6.31. The Morgan fingerprint density at radius 3 is 2.55 bits per heavy atom. The number of benzene rings is 2. The summed E-state index contributed by atoms with van der Waals surface area (Å²) in [6.45, 7) is -0.541. The van der Waals surface area contributed by atoms with Gasteiger partial charge in [0.05, 0.1) is 10.7 Å². The van der Waals surface area contributed by atoms with Gasteiger partial charge in [-0.25, -0.2) is 4.79 Å². The van der Waals surface area contributed by atoms with Crippen molar-refractivity contribution in [2.75, 3.05) is 11.5 Å². The van der Waals surface area contributed by atoms with Crippen molar-refractivity contribution >= 4 is 74.4 Å². The van der Waals surface area contributed by atoms with E-state index in [0.717, 1.165) is 4.47 Å². The lowest BCUT2D eigenvalue weighted by Crippen LogP contribution is -2.54. The highest BCUT2D eigenvalue weighted by Gasteiger charge is 2.34. The monoisotopic (exact) mass is 494 g/mol. The fourth-order valence-electron chi connectivity index (χ4n) is 2.51. The summed E-state index contributed by atoms with van der Waals surface area (Å²) in [7, 11) is 0. The molecule has 1 fully saturated rings. The number of halogens is 2. The molecule has 0 bridgehead atoms. The van der Waals surface area contributed by atoms with E-state index in [9.17, 15) is 14.4 Å². The maximum Gasteiger partial charge on any atom is 0.341 e. The van der Waals surface area contributed by atoms with Gasteiger partial charge in [-0.2, -0.15) is 0 Å². The molecule has 2 aromatic carbocycles. The lowest BCUT2D eigenvalue weighted by Gasteiger charge is -2.29. The van der Waals surface area contributed by atoms with Crippen LogP contribution in [0.5, 0.6) is 5.75 Å². The Labute approximate surface area is 184 Å². The van der Waals surface area contributed by atoms with Crippen molar-refractivity contribution in [1.82, 2.24) is 5.32 Å². The molecule has 0 aliphatic carbocycles. The zero-order chi connectivity index (χ0) is 21.1. The summed E-state index contributed by atoms with van der Waals surface area (Å²) in [6, 6.07) is 11.3. The Hall–Kier alpha value is -2.75. The summed E-state index contributed by atoms with van der Waals surface area (Å²) in [4.78, 5) is 37.1. The molecule has 3 rings (SSSR count). The number of ether oxygens (including phenoxy) is 1. The zero-order valence-corrected chi connectivity index (χ0v) is 17.7. The molecule has 0 unspecified atom stereocenters. The minimum absolute atomic E-state index is 0.0186. The van der Waals surface area contributed by atoms with Crippen LogP contribution in [0.4, 0.5) is 5.69 Å². The van der Waals surface area contributed by atoms with Crippen molar-refractivity contribution in [3.8, 4) is 5.75 Å². The van der Waals surface area contributed by atoms with Crippen LogP contribution in [-0.4, -0.2) is 34.6 Å². The van der Waals surface area contributed by atoms with E-state index >= 15 is 0 Å². The average molecular weight is 496 g/mol. The summed E-state index contributed by atoms with van der Waals surface area (Å²) in [5.41, 5.74) is 0.834. The predicted octanol–water partition coefficient (Wildman–Crippen LogP) is 3.40. The number of hydrogen-bond donors (Lipinski definition) is 2. The summed E-state index contributed by atoms with van der Waals surface area (Å²) in [5, 5.41) is 11.3. The van der Waals surface area contributed by atoms with E-state index in [2.05, 4.69) is 21.2 Å². The Morgan fingerprint density at radius 2 is 1.93 bits per heavy atom. The second kappa shape index (κ2) is 8.73. The predicted molar refractivity (Wildman–Crippen MR) is 115 cm³/mol. The van der Waals surface area contributed by atoms with E-state index in [4.69, 9.17) is 33.7 Å². The van der Waals surface area contributed by atoms with Gasteiger partial charge in [-0.05, 0) is 60.3 Å². The van der Waals surface area contributed by atoms with E-state index < -0.39 is 24.4 Å². The second-order valence-electron chi connectivity index (χ2n) is 5.81. The van der Waals surface area contributed by atoms with Crippen LogP contribution in [0.15, 0.2) is 52.5 Å². The van der Waals surface area contributed by atoms with E-state index in [0.29, 0.717) is 11.3 Å². The molecule has 10 heteroatoms. The van der Waals surface area contributed by atoms with Crippen molar-refractivity contribution < 1.29 is 24.2 Å². The smallest absolute Gasteiger partial charge is 0.341 e. The number of carboxylic acid groups (broad SMARTS) is 1. The van der Waals surface area contributed by atoms with Gasteiger partial charge < -0.3 is 9.84 Å². The molecule has 2 N–H and O–H groups in total. The van der Waals surface area contributed by atoms with Crippen LogP contribution in [0.3, 0.4) is 0 Å². The van der Waals surface area contributed by atoms with Crippen LogP contribution >= 0.6 is 39.7 Å². The van der Waals surface area contributed by atoms with Gasteiger partial charge in [0.1, 0.15) is 11.3 Å². The third kappa shape index (κ3) is 4.81. The lowest BCUT2D eigenvalue weighted by atomic mass is 10.1. The highest BCUT2D eigenvalue weighted by Crippen LogP contribution is 2.28. The quantitative estimate of drug-likeness (QED) is 0.375. The third-order valence-electron chi connectivity index (χ3n) is 3.80. The molecule has 148 valence electrons. The number of carbonyl (C=O) groups excluding carboxylic acids is 2. The number of rotatable bonds is 5. The number of hydrogen-bond acceptors (Lipinski definition) is 5. The van der Waals surface area contributed by atoms with Gasteiger partial charge in [0.15, 0.2) is 11.7 Å².